The predicted molar refractivity (Wildman–Crippen MR) is 68.9 cm³/mol. The van der Waals surface area contributed by atoms with Gasteiger partial charge in [0.2, 0.25) is 0 Å². The van der Waals surface area contributed by atoms with Crippen LogP contribution in [0, 0.1) is 24.0 Å². The Kier molecular flexibility index (Phi) is 6.03. The first-order chi connectivity index (χ1) is 8.16. The van der Waals surface area contributed by atoms with E-state index in [2.05, 4.69) is 11.2 Å². The molecule has 1 nitrogen and oxygen atoms in total. The number of hydrogen-bond donors (Lipinski definition) is 1. The molecule has 17 heavy (non-hydrogen) atoms. The molecular weight excluding hydrogens is 240 g/mol. The molecule has 0 bridgehead atoms. The highest BCUT2D eigenvalue weighted by Crippen LogP contribution is 2.19. The van der Waals surface area contributed by atoms with Gasteiger partial charge in [0, 0.05) is 23.9 Å². The Morgan fingerprint density at radius 2 is 2.06 bits per heavy atom. The first-order valence-electron chi connectivity index (χ1n) is 5.35. The minimum atomic E-state index is -0.513. The Balaban J connectivity index is 2.47. The van der Waals surface area contributed by atoms with Crippen molar-refractivity contribution in [2.24, 2.45) is 0 Å². The summed E-state index contributed by atoms with van der Waals surface area (Å²) < 4.78 is 26.8. The zero-order valence-electron chi connectivity index (χ0n) is 9.67. The van der Waals surface area contributed by atoms with Crippen LogP contribution in [-0.4, -0.2) is 18.1 Å². The highest BCUT2D eigenvalue weighted by atomic mass is 32.2. The molecule has 0 spiro atoms. The van der Waals surface area contributed by atoms with Crippen LogP contribution >= 0.6 is 11.8 Å². The first-order valence-corrected chi connectivity index (χ1v) is 6.50. The number of halogens is 2. The van der Waals surface area contributed by atoms with Crippen molar-refractivity contribution in [3.8, 4) is 12.3 Å². The Hall–Kier alpha value is -1.05. The summed E-state index contributed by atoms with van der Waals surface area (Å²) >= 11 is 1.61. The van der Waals surface area contributed by atoms with E-state index in [9.17, 15) is 8.78 Å². The zero-order valence-corrected chi connectivity index (χ0v) is 10.5. The monoisotopic (exact) mass is 255 g/mol. The molecule has 0 saturated heterocycles. The van der Waals surface area contributed by atoms with Crippen LogP contribution in [0.5, 0.6) is 0 Å². The largest absolute Gasteiger partial charge is 0.309 e. The van der Waals surface area contributed by atoms with E-state index < -0.39 is 11.6 Å². The number of rotatable bonds is 6. The summed E-state index contributed by atoms with van der Waals surface area (Å²) in [6, 6.07) is 3.56. The van der Waals surface area contributed by atoms with Crippen LogP contribution in [0.1, 0.15) is 18.5 Å². The van der Waals surface area contributed by atoms with Crippen molar-refractivity contribution < 1.29 is 8.78 Å². The van der Waals surface area contributed by atoms with Gasteiger partial charge in [0.15, 0.2) is 0 Å². The van der Waals surface area contributed by atoms with Gasteiger partial charge in [-0.1, -0.05) is 12.0 Å². The van der Waals surface area contributed by atoms with Crippen molar-refractivity contribution in [2.45, 2.75) is 13.0 Å². The van der Waals surface area contributed by atoms with E-state index in [4.69, 9.17) is 6.42 Å². The molecule has 0 radical (unpaired) electrons. The molecule has 1 atom stereocenters. The molecule has 0 aliphatic carbocycles. The van der Waals surface area contributed by atoms with Crippen molar-refractivity contribution >= 4 is 11.8 Å². The lowest BCUT2D eigenvalue weighted by Gasteiger charge is -2.15. The third-order valence-corrected chi connectivity index (χ3v) is 3.18. The van der Waals surface area contributed by atoms with Crippen molar-refractivity contribution in [1.82, 2.24) is 5.32 Å². The minimum absolute atomic E-state index is 0.0921. The number of benzene rings is 1. The quantitative estimate of drug-likeness (QED) is 0.619. The SMILES string of the molecule is C#CCSCCNC(C)c1c(F)cccc1F. The molecule has 1 rings (SSSR count). The number of thioether (sulfide) groups is 1. The molecule has 92 valence electrons. The van der Waals surface area contributed by atoms with Gasteiger partial charge >= 0.3 is 0 Å². The van der Waals surface area contributed by atoms with Gasteiger partial charge in [0.05, 0.1) is 5.75 Å². The van der Waals surface area contributed by atoms with Crippen LogP contribution in [0.3, 0.4) is 0 Å². The van der Waals surface area contributed by atoms with Crippen LogP contribution in [-0.2, 0) is 0 Å². The van der Waals surface area contributed by atoms with E-state index >= 15 is 0 Å². The van der Waals surface area contributed by atoms with Gasteiger partial charge < -0.3 is 5.32 Å². The average molecular weight is 255 g/mol. The van der Waals surface area contributed by atoms with Crippen LogP contribution in [0.15, 0.2) is 18.2 Å². The molecule has 0 aliphatic rings. The third-order valence-electron chi connectivity index (χ3n) is 2.32. The maximum atomic E-state index is 13.4. The van der Waals surface area contributed by atoms with Crippen molar-refractivity contribution in [3.63, 3.8) is 0 Å². The van der Waals surface area contributed by atoms with Crippen molar-refractivity contribution in [2.75, 3.05) is 18.1 Å². The lowest BCUT2D eigenvalue weighted by atomic mass is 10.1. The third kappa shape index (κ3) is 4.37. The standard InChI is InChI=1S/C13H15F2NS/c1-3-8-17-9-7-16-10(2)13-11(14)5-4-6-12(13)15/h1,4-6,10,16H,7-9H2,2H3. The van der Waals surface area contributed by atoms with E-state index in [1.807, 2.05) is 0 Å². The molecule has 1 aromatic rings. The Morgan fingerprint density at radius 3 is 2.65 bits per heavy atom. The van der Waals surface area contributed by atoms with Crippen molar-refractivity contribution in [3.05, 3.63) is 35.4 Å². The summed E-state index contributed by atoms with van der Waals surface area (Å²) in [4.78, 5) is 0. The molecule has 0 amide bonds. The highest BCUT2D eigenvalue weighted by Gasteiger charge is 2.14. The second kappa shape index (κ2) is 7.31. The van der Waals surface area contributed by atoms with E-state index in [1.165, 1.54) is 18.2 Å². The minimum Gasteiger partial charge on any atom is -0.309 e. The topological polar surface area (TPSA) is 12.0 Å². The second-order valence-corrected chi connectivity index (χ2v) is 4.67. The molecule has 1 aromatic carbocycles. The Bertz CT molecular complexity index is 381. The molecule has 0 heterocycles. The summed E-state index contributed by atoms with van der Waals surface area (Å²) in [5, 5.41) is 3.07. The smallest absolute Gasteiger partial charge is 0.130 e. The fourth-order valence-electron chi connectivity index (χ4n) is 1.51. The van der Waals surface area contributed by atoms with Crippen LogP contribution < -0.4 is 5.32 Å². The summed E-state index contributed by atoms with van der Waals surface area (Å²) in [6.07, 6.45) is 5.11. The number of terminal acetylenes is 1. The molecule has 0 aromatic heterocycles. The normalized spacial score (nSPS) is 12.1. The van der Waals surface area contributed by atoms with E-state index in [1.54, 1.807) is 18.7 Å². The van der Waals surface area contributed by atoms with Gasteiger partial charge in [-0.05, 0) is 19.1 Å². The molecule has 1 N–H and O–H groups in total. The fourth-order valence-corrected chi connectivity index (χ4v) is 2.03. The van der Waals surface area contributed by atoms with E-state index in [0.29, 0.717) is 12.3 Å². The number of hydrogen-bond acceptors (Lipinski definition) is 2. The highest BCUT2D eigenvalue weighted by molar-refractivity contribution is 7.99. The van der Waals surface area contributed by atoms with Crippen molar-refractivity contribution in [1.29, 1.82) is 0 Å². The lowest BCUT2D eigenvalue weighted by molar-refractivity contribution is 0.497. The Morgan fingerprint density at radius 1 is 1.41 bits per heavy atom. The van der Waals surface area contributed by atoms with E-state index in [0.717, 1.165) is 5.75 Å². The summed E-state index contributed by atoms with van der Waals surface area (Å²) in [5.74, 6) is 2.98. The van der Waals surface area contributed by atoms with Gasteiger partial charge in [0.1, 0.15) is 11.6 Å². The van der Waals surface area contributed by atoms with Gasteiger partial charge in [-0.25, -0.2) is 8.78 Å². The van der Waals surface area contributed by atoms with E-state index in [-0.39, 0.29) is 11.6 Å². The molecule has 0 saturated carbocycles. The van der Waals surface area contributed by atoms with Crippen LogP contribution in [0.2, 0.25) is 0 Å². The van der Waals surface area contributed by atoms with Gasteiger partial charge in [-0.15, -0.1) is 18.2 Å². The molecule has 4 heteroatoms. The van der Waals surface area contributed by atoms with Crippen LogP contribution in [0.4, 0.5) is 8.78 Å². The molecular formula is C13H15F2NS. The zero-order chi connectivity index (χ0) is 12.7. The molecule has 0 fully saturated rings. The summed E-state index contributed by atoms with van der Waals surface area (Å²) in [6.45, 7) is 2.41. The maximum absolute atomic E-state index is 13.4. The van der Waals surface area contributed by atoms with Gasteiger partial charge in [-0.3, -0.25) is 0 Å². The second-order valence-electron chi connectivity index (χ2n) is 3.57. The summed E-state index contributed by atoms with van der Waals surface area (Å²) in [5.41, 5.74) is 0.0921. The first kappa shape index (κ1) is 14.0. The Labute approximate surface area is 105 Å². The lowest BCUT2D eigenvalue weighted by Crippen LogP contribution is -2.23. The summed E-state index contributed by atoms with van der Waals surface area (Å²) in [7, 11) is 0. The predicted octanol–water partition coefficient (Wildman–Crippen LogP) is 2.98. The van der Waals surface area contributed by atoms with Gasteiger partial charge in [0.25, 0.3) is 0 Å². The average Bonchev–Trinajstić information content (AvgIpc) is 2.28. The molecule has 1 unspecified atom stereocenters. The van der Waals surface area contributed by atoms with Gasteiger partial charge in [-0.2, -0.15) is 0 Å². The maximum Gasteiger partial charge on any atom is 0.130 e. The van der Waals surface area contributed by atoms with Crippen LogP contribution in [0.25, 0.3) is 0 Å². The number of nitrogens with one attached hydrogen (secondary N) is 1. The fraction of sp³-hybridized carbons (Fsp3) is 0.385. The molecule has 0 aliphatic heterocycles.